The molecule has 17 heteroatoms. The molecule has 0 atom stereocenters. The predicted molar refractivity (Wildman–Crippen MR) is 128 cm³/mol. The van der Waals surface area contributed by atoms with E-state index in [2.05, 4.69) is 5.16 Å². The Labute approximate surface area is 187 Å². The second-order valence-corrected chi connectivity index (χ2v) is 33.1. The third kappa shape index (κ3) is 13.7. The van der Waals surface area contributed by atoms with E-state index in [1.807, 2.05) is 0 Å². The van der Waals surface area contributed by atoms with Crippen molar-refractivity contribution in [2.45, 2.75) is 84.7 Å². The minimum atomic E-state index is -5.24. The predicted octanol–water partition coefficient (Wildman–Crippen LogP) is 7.59. The number of nitrogens with zero attached hydrogens (tertiary/aromatic N) is 1. The topological polar surface area (TPSA) is 92.7 Å². The molecule has 31 heavy (non-hydrogen) atoms. The maximum atomic E-state index is 14.0. The Balaban J connectivity index is 6.57. The molecule has 0 N–H and O–H groups in total. The van der Waals surface area contributed by atoms with E-state index in [4.69, 9.17) is 21.5 Å². The standard InChI is InChI=1S/C14H36F3NO7P2Si4/c1-28(2,3)22-26(19,23-29(4,5)6)13(14(15,16)17)18-21-27(20,24-30(7,8)9)25-31(10,11)12/h1-12H3/b18-13-. The van der Waals surface area contributed by atoms with Crippen LogP contribution in [0.5, 0.6) is 0 Å². The lowest BCUT2D eigenvalue weighted by Crippen LogP contribution is -2.36. The van der Waals surface area contributed by atoms with E-state index < -0.39 is 60.3 Å². The first-order chi connectivity index (χ1) is 13.2. The van der Waals surface area contributed by atoms with Gasteiger partial charge in [-0.1, -0.05) is 5.16 Å². The molecule has 0 unspecified atom stereocenters. The molecule has 0 radical (unpaired) electrons. The first kappa shape index (κ1) is 31.4. The SMILES string of the molecule is C[Si](C)(C)OP(=O)(O/N=C(/C(F)(F)F)P(=O)(O[Si](C)(C)C)O[Si](C)(C)C)O[Si](C)(C)C. The number of hydrogen-bond acceptors (Lipinski definition) is 8. The van der Waals surface area contributed by atoms with Crippen LogP contribution >= 0.6 is 15.4 Å². The van der Waals surface area contributed by atoms with E-state index in [9.17, 15) is 22.3 Å². The maximum Gasteiger partial charge on any atom is 0.530 e. The summed E-state index contributed by atoms with van der Waals surface area (Å²) in [6, 6.07) is 0. The molecule has 0 saturated heterocycles. The van der Waals surface area contributed by atoms with Crippen LogP contribution in [-0.4, -0.2) is 44.9 Å². The van der Waals surface area contributed by atoms with Crippen LogP contribution < -0.4 is 0 Å². The Hall–Kier alpha value is 0.428. The monoisotopic (exact) mass is 561 g/mol. The molecule has 0 aliphatic heterocycles. The summed E-state index contributed by atoms with van der Waals surface area (Å²) in [5, 5.41) is 3.03. The molecular weight excluding hydrogens is 525 g/mol. The normalized spacial score (nSPS) is 15.9. The summed E-state index contributed by atoms with van der Waals surface area (Å²) in [4.78, 5) is 0. The van der Waals surface area contributed by atoms with Gasteiger partial charge in [0.2, 0.25) is 0 Å². The van der Waals surface area contributed by atoms with E-state index in [1.165, 1.54) is 0 Å². The molecule has 0 heterocycles. The largest absolute Gasteiger partial charge is 0.530 e. The van der Waals surface area contributed by atoms with Crippen LogP contribution in [0.3, 0.4) is 0 Å². The van der Waals surface area contributed by atoms with E-state index in [-0.39, 0.29) is 0 Å². The van der Waals surface area contributed by atoms with Crippen LogP contribution in [0.15, 0.2) is 5.16 Å². The number of halogens is 3. The zero-order valence-corrected chi connectivity index (χ0v) is 26.1. The zero-order valence-electron chi connectivity index (χ0n) is 20.3. The van der Waals surface area contributed by atoms with Crippen molar-refractivity contribution in [3.63, 3.8) is 0 Å². The second kappa shape index (κ2) is 9.96. The minimum absolute atomic E-state index is 1.57. The molecule has 0 aromatic heterocycles. The lowest BCUT2D eigenvalue weighted by molar-refractivity contribution is -0.0585. The Morgan fingerprint density at radius 2 is 0.935 bits per heavy atom. The Morgan fingerprint density at radius 1 is 0.645 bits per heavy atom. The van der Waals surface area contributed by atoms with Crippen molar-refractivity contribution < 1.29 is 43.8 Å². The summed E-state index contributed by atoms with van der Waals surface area (Å²) in [7, 11) is -20.3. The molecule has 8 nitrogen and oxygen atoms in total. The summed E-state index contributed by atoms with van der Waals surface area (Å²) >= 11 is 0. The van der Waals surface area contributed by atoms with Crippen molar-refractivity contribution in [3.8, 4) is 0 Å². The van der Waals surface area contributed by atoms with Gasteiger partial charge >= 0.3 is 21.6 Å². The highest BCUT2D eigenvalue weighted by atomic mass is 31.2. The third-order valence-electron chi connectivity index (χ3n) is 2.30. The fraction of sp³-hybridized carbons (Fsp3) is 0.929. The van der Waals surface area contributed by atoms with Gasteiger partial charge in [-0.15, -0.1) is 0 Å². The molecule has 0 rings (SSSR count). The lowest BCUT2D eigenvalue weighted by Gasteiger charge is -2.32. The summed E-state index contributed by atoms with van der Waals surface area (Å²) < 4.78 is 94.8. The smallest absolute Gasteiger partial charge is 0.347 e. The van der Waals surface area contributed by atoms with Gasteiger partial charge in [-0.3, -0.25) is 9.19 Å². The first-order valence-electron chi connectivity index (χ1n) is 9.54. The summed E-state index contributed by atoms with van der Waals surface area (Å²) in [6.45, 7) is 19.4. The Kier molecular flexibility index (Phi) is 10.1. The summed E-state index contributed by atoms with van der Waals surface area (Å²) in [5.41, 5.74) is -1.91. The van der Waals surface area contributed by atoms with Crippen LogP contribution in [-0.2, 0) is 30.6 Å². The Bertz CT molecular complexity index is 713. The number of alkyl halides is 3. The van der Waals surface area contributed by atoms with Crippen molar-refractivity contribution in [2.75, 3.05) is 0 Å². The summed E-state index contributed by atoms with van der Waals surface area (Å²) in [5.74, 6) is 0. The molecule has 0 aliphatic rings. The van der Waals surface area contributed by atoms with Crippen molar-refractivity contribution in [2.24, 2.45) is 5.16 Å². The third-order valence-corrected chi connectivity index (χ3v) is 15.9. The summed E-state index contributed by atoms with van der Waals surface area (Å²) in [6.07, 6.45) is -5.24. The average Bonchev–Trinajstić information content (AvgIpc) is 2.25. The van der Waals surface area contributed by atoms with Crippen molar-refractivity contribution in [1.29, 1.82) is 0 Å². The van der Waals surface area contributed by atoms with Crippen LogP contribution in [0.1, 0.15) is 0 Å². The van der Waals surface area contributed by atoms with Gasteiger partial charge in [0, 0.05) is 0 Å². The second-order valence-electron chi connectivity index (χ2n) is 10.8. The number of rotatable bonds is 11. The van der Waals surface area contributed by atoms with Gasteiger partial charge in [0.25, 0.3) is 5.45 Å². The molecule has 0 saturated carbocycles. The van der Waals surface area contributed by atoms with Gasteiger partial charge in [-0.25, -0.2) is 4.57 Å². The van der Waals surface area contributed by atoms with Crippen molar-refractivity contribution in [1.82, 2.24) is 0 Å². The number of hydrogen-bond donors (Lipinski definition) is 0. The van der Waals surface area contributed by atoms with Crippen LogP contribution in [0, 0.1) is 0 Å². The molecule has 0 fully saturated rings. The number of phosphoric acid groups is 1. The molecule has 0 aromatic carbocycles. The molecule has 0 amide bonds. The molecule has 186 valence electrons. The quantitative estimate of drug-likeness (QED) is 0.111. The van der Waals surface area contributed by atoms with Crippen LogP contribution in [0.4, 0.5) is 13.2 Å². The van der Waals surface area contributed by atoms with E-state index in [0.717, 1.165) is 0 Å². The highest BCUT2D eigenvalue weighted by Crippen LogP contribution is 2.60. The van der Waals surface area contributed by atoms with Gasteiger partial charge in [-0.05, 0) is 78.6 Å². The van der Waals surface area contributed by atoms with Gasteiger partial charge in [0.1, 0.15) is 0 Å². The highest BCUT2D eigenvalue weighted by Gasteiger charge is 2.55. The zero-order chi connectivity index (χ0) is 25.3. The minimum Gasteiger partial charge on any atom is -0.347 e. The van der Waals surface area contributed by atoms with Gasteiger partial charge in [0.15, 0.2) is 33.3 Å². The van der Waals surface area contributed by atoms with Gasteiger partial charge < -0.3 is 16.9 Å². The van der Waals surface area contributed by atoms with Gasteiger partial charge in [-0.2, -0.15) is 13.2 Å². The highest BCUT2D eigenvalue weighted by molar-refractivity contribution is 7.74. The first-order valence-corrected chi connectivity index (χ1v) is 26.2. The molecule has 0 aliphatic carbocycles. The van der Waals surface area contributed by atoms with Crippen molar-refractivity contribution in [3.05, 3.63) is 0 Å². The molecular formula is C14H36F3NO7P2Si4. The van der Waals surface area contributed by atoms with E-state index >= 15 is 0 Å². The van der Waals surface area contributed by atoms with Crippen LogP contribution in [0.2, 0.25) is 78.6 Å². The molecule has 0 bridgehead atoms. The van der Waals surface area contributed by atoms with Gasteiger partial charge in [0.05, 0.1) is 0 Å². The average molecular weight is 562 g/mol. The fourth-order valence-corrected chi connectivity index (χ4v) is 15.7. The van der Waals surface area contributed by atoms with E-state index in [1.54, 1.807) is 78.6 Å². The Morgan fingerprint density at radius 3 is 1.16 bits per heavy atom. The number of oxime groups is 1. The lowest BCUT2D eigenvalue weighted by atomic mass is 10.7. The van der Waals surface area contributed by atoms with E-state index in [0.29, 0.717) is 0 Å². The maximum absolute atomic E-state index is 14.0. The van der Waals surface area contributed by atoms with Crippen LogP contribution in [0.25, 0.3) is 0 Å². The molecule has 0 aromatic rings. The van der Waals surface area contributed by atoms with Crippen molar-refractivity contribution >= 4 is 54.1 Å². The fourth-order valence-electron chi connectivity index (χ4n) is 1.89. The molecule has 0 spiro atoms.